The second-order valence-electron chi connectivity index (χ2n) is 7.17. The van der Waals surface area contributed by atoms with E-state index in [4.69, 9.17) is 4.74 Å². The van der Waals surface area contributed by atoms with Crippen LogP contribution in [0.3, 0.4) is 0 Å². The van der Waals surface area contributed by atoms with Gasteiger partial charge in [0.1, 0.15) is 0 Å². The van der Waals surface area contributed by atoms with Crippen LogP contribution >= 0.6 is 0 Å². The number of hydrogen-bond acceptors (Lipinski definition) is 3. The molecule has 124 valence electrons. The van der Waals surface area contributed by atoms with Crippen LogP contribution < -0.4 is 0 Å². The summed E-state index contributed by atoms with van der Waals surface area (Å²) in [6, 6.07) is 15.2. The number of carbonyl (C=O) groups is 1. The minimum Gasteiger partial charge on any atom is -0.354 e. The fourth-order valence-electron chi connectivity index (χ4n) is 4.87. The van der Waals surface area contributed by atoms with E-state index in [2.05, 4.69) is 47.4 Å². The SMILES string of the molecule is O=C1C[C@H]2N(Cc3cccc4ccccc34)CC[C@]23OCCCN13. The highest BCUT2D eigenvalue weighted by atomic mass is 16.5. The third kappa shape index (κ3) is 1.96. The summed E-state index contributed by atoms with van der Waals surface area (Å²) in [5.74, 6) is 0.266. The number of benzene rings is 2. The molecule has 3 fully saturated rings. The summed E-state index contributed by atoms with van der Waals surface area (Å²) >= 11 is 0. The Morgan fingerprint density at radius 2 is 2.00 bits per heavy atom. The standard InChI is InChI=1S/C20H22N2O2/c23-19-13-18-20(22(19)10-4-12-24-20)9-11-21(18)14-16-7-3-6-15-5-1-2-8-17(15)16/h1-3,5-8,18H,4,9-14H2/t18-,20+/m1/s1. The van der Waals surface area contributed by atoms with Gasteiger partial charge in [-0.15, -0.1) is 0 Å². The van der Waals surface area contributed by atoms with Crippen LogP contribution in [0.5, 0.6) is 0 Å². The Morgan fingerprint density at radius 1 is 1.12 bits per heavy atom. The van der Waals surface area contributed by atoms with Crippen molar-refractivity contribution in [1.82, 2.24) is 9.80 Å². The molecule has 4 heteroatoms. The van der Waals surface area contributed by atoms with E-state index in [-0.39, 0.29) is 17.7 Å². The molecular formula is C20H22N2O2. The Morgan fingerprint density at radius 3 is 2.96 bits per heavy atom. The number of amides is 1. The number of likely N-dealkylation sites (tertiary alicyclic amines) is 1. The highest BCUT2D eigenvalue weighted by Gasteiger charge is 2.60. The van der Waals surface area contributed by atoms with Crippen LogP contribution in [0, 0.1) is 0 Å². The normalized spacial score (nSPS) is 29.9. The molecule has 24 heavy (non-hydrogen) atoms. The number of rotatable bonds is 2. The molecule has 0 saturated carbocycles. The zero-order chi connectivity index (χ0) is 16.1. The molecule has 2 atom stereocenters. The Bertz CT molecular complexity index is 800. The molecule has 3 aliphatic heterocycles. The summed E-state index contributed by atoms with van der Waals surface area (Å²) in [4.78, 5) is 16.9. The highest BCUT2D eigenvalue weighted by Crippen LogP contribution is 2.45. The molecule has 0 aliphatic carbocycles. The molecular weight excluding hydrogens is 300 g/mol. The van der Waals surface area contributed by atoms with E-state index in [1.54, 1.807) is 0 Å². The van der Waals surface area contributed by atoms with E-state index < -0.39 is 0 Å². The summed E-state index contributed by atoms with van der Waals surface area (Å²) in [5, 5.41) is 2.59. The Hall–Kier alpha value is -1.91. The second kappa shape index (κ2) is 5.30. The fraction of sp³-hybridized carbons (Fsp3) is 0.450. The second-order valence-corrected chi connectivity index (χ2v) is 7.17. The van der Waals surface area contributed by atoms with E-state index in [1.807, 2.05) is 4.90 Å². The van der Waals surface area contributed by atoms with E-state index in [0.717, 1.165) is 39.1 Å². The quantitative estimate of drug-likeness (QED) is 0.852. The average Bonchev–Trinajstić information content (AvgIpc) is 3.09. The van der Waals surface area contributed by atoms with E-state index in [0.29, 0.717) is 6.42 Å². The van der Waals surface area contributed by atoms with E-state index >= 15 is 0 Å². The summed E-state index contributed by atoms with van der Waals surface area (Å²) < 4.78 is 6.20. The molecule has 0 unspecified atom stereocenters. The maximum Gasteiger partial charge on any atom is 0.226 e. The van der Waals surface area contributed by atoms with Crippen molar-refractivity contribution >= 4 is 16.7 Å². The third-order valence-corrected chi connectivity index (χ3v) is 5.98. The van der Waals surface area contributed by atoms with Crippen molar-refractivity contribution in [2.24, 2.45) is 0 Å². The first-order valence-corrected chi connectivity index (χ1v) is 8.93. The molecule has 1 amide bonds. The first-order chi connectivity index (χ1) is 11.8. The number of carbonyl (C=O) groups excluding carboxylic acids is 1. The van der Waals surface area contributed by atoms with Crippen LogP contribution in [0.1, 0.15) is 24.8 Å². The van der Waals surface area contributed by atoms with Gasteiger partial charge in [-0.3, -0.25) is 9.69 Å². The monoisotopic (exact) mass is 322 g/mol. The molecule has 0 aromatic heterocycles. The lowest BCUT2D eigenvalue weighted by atomic mass is 10.0. The van der Waals surface area contributed by atoms with Gasteiger partial charge in [0.25, 0.3) is 0 Å². The van der Waals surface area contributed by atoms with Crippen LogP contribution in [0.15, 0.2) is 42.5 Å². The molecule has 0 N–H and O–H groups in total. The van der Waals surface area contributed by atoms with Gasteiger partial charge < -0.3 is 9.64 Å². The molecule has 5 rings (SSSR count). The molecule has 1 spiro atoms. The zero-order valence-electron chi connectivity index (χ0n) is 13.8. The van der Waals surface area contributed by atoms with Crippen LogP contribution in [0.25, 0.3) is 10.8 Å². The van der Waals surface area contributed by atoms with E-state index in [9.17, 15) is 4.79 Å². The van der Waals surface area contributed by atoms with E-state index in [1.165, 1.54) is 16.3 Å². The summed E-state index contributed by atoms with van der Waals surface area (Å²) in [6.07, 6.45) is 2.50. The minimum atomic E-state index is -0.347. The van der Waals surface area contributed by atoms with Crippen LogP contribution in [0.2, 0.25) is 0 Å². The topological polar surface area (TPSA) is 32.8 Å². The molecule has 2 aromatic rings. The van der Waals surface area contributed by atoms with Crippen molar-refractivity contribution in [3.63, 3.8) is 0 Å². The van der Waals surface area contributed by atoms with Gasteiger partial charge in [0, 0.05) is 32.5 Å². The molecule has 0 radical (unpaired) electrons. The lowest BCUT2D eigenvalue weighted by molar-refractivity contribution is -0.180. The van der Waals surface area contributed by atoms with Gasteiger partial charge in [-0.2, -0.15) is 0 Å². The molecule has 3 saturated heterocycles. The maximum atomic E-state index is 12.4. The van der Waals surface area contributed by atoms with Crippen LogP contribution in [0.4, 0.5) is 0 Å². The first kappa shape index (κ1) is 14.4. The van der Waals surface area contributed by atoms with Gasteiger partial charge in [0.2, 0.25) is 5.91 Å². The highest BCUT2D eigenvalue weighted by molar-refractivity contribution is 5.85. The fourth-order valence-corrected chi connectivity index (χ4v) is 4.87. The smallest absolute Gasteiger partial charge is 0.226 e. The van der Waals surface area contributed by atoms with Crippen molar-refractivity contribution in [2.45, 2.75) is 37.6 Å². The molecule has 4 nitrogen and oxygen atoms in total. The van der Waals surface area contributed by atoms with Gasteiger partial charge in [-0.05, 0) is 22.8 Å². The van der Waals surface area contributed by atoms with Crippen LogP contribution in [-0.4, -0.2) is 47.2 Å². The van der Waals surface area contributed by atoms with Crippen LogP contribution in [-0.2, 0) is 16.1 Å². The first-order valence-electron chi connectivity index (χ1n) is 8.93. The molecule has 2 aromatic carbocycles. The maximum absolute atomic E-state index is 12.4. The third-order valence-electron chi connectivity index (χ3n) is 5.98. The predicted octanol–water partition coefficient (Wildman–Crippen LogP) is 2.76. The summed E-state index contributed by atoms with van der Waals surface area (Å²) in [6.45, 7) is 3.52. The van der Waals surface area contributed by atoms with Gasteiger partial charge >= 0.3 is 0 Å². The van der Waals surface area contributed by atoms with Gasteiger partial charge in [0.15, 0.2) is 5.72 Å². The zero-order valence-corrected chi connectivity index (χ0v) is 13.8. The van der Waals surface area contributed by atoms with Gasteiger partial charge in [-0.25, -0.2) is 0 Å². The lowest BCUT2D eigenvalue weighted by Gasteiger charge is -2.42. The summed E-state index contributed by atoms with van der Waals surface area (Å²) in [7, 11) is 0. The van der Waals surface area contributed by atoms with Crippen molar-refractivity contribution in [3.8, 4) is 0 Å². The van der Waals surface area contributed by atoms with Gasteiger partial charge in [-0.1, -0.05) is 42.5 Å². The lowest BCUT2D eigenvalue weighted by Crippen LogP contribution is -2.56. The number of fused-ring (bicyclic) bond motifs is 1. The number of ether oxygens (including phenoxy) is 1. The van der Waals surface area contributed by atoms with Crippen molar-refractivity contribution in [2.75, 3.05) is 19.7 Å². The Balaban J connectivity index is 1.47. The Labute approximate surface area is 142 Å². The number of hydrogen-bond donors (Lipinski definition) is 0. The molecule has 3 heterocycles. The molecule has 3 aliphatic rings. The predicted molar refractivity (Wildman–Crippen MR) is 92.4 cm³/mol. The van der Waals surface area contributed by atoms with Crippen molar-refractivity contribution in [3.05, 3.63) is 48.0 Å². The summed E-state index contributed by atoms with van der Waals surface area (Å²) in [5.41, 5.74) is 0.992. The number of nitrogens with zero attached hydrogens (tertiary/aromatic N) is 2. The van der Waals surface area contributed by atoms with Crippen molar-refractivity contribution < 1.29 is 9.53 Å². The largest absolute Gasteiger partial charge is 0.354 e. The van der Waals surface area contributed by atoms with Crippen molar-refractivity contribution in [1.29, 1.82) is 0 Å². The average molecular weight is 322 g/mol. The Kier molecular flexibility index (Phi) is 3.19. The molecule has 0 bridgehead atoms. The van der Waals surface area contributed by atoms with Gasteiger partial charge in [0.05, 0.1) is 12.6 Å². The minimum absolute atomic E-state index is 0.198.